The Hall–Kier alpha value is -2.07. The molecular weight excluding hydrogens is 224 g/mol. The molecule has 0 bridgehead atoms. The first kappa shape index (κ1) is 11.0. The molecule has 2 heterocycles. The standard InChI is InChI=1S/C14H16N4/c1-10(7-15)18-8-14(16-9-18)13-6-11-4-2-3-5-12(11)17-13/h2-6,8-10,17H,7,15H2,1H3. The van der Waals surface area contributed by atoms with E-state index < -0.39 is 0 Å². The van der Waals surface area contributed by atoms with Crippen LogP contribution in [0.15, 0.2) is 42.9 Å². The number of rotatable bonds is 3. The van der Waals surface area contributed by atoms with Crippen molar-refractivity contribution in [1.29, 1.82) is 0 Å². The topological polar surface area (TPSA) is 59.6 Å². The van der Waals surface area contributed by atoms with E-state index in [1.807, 2.05) is 29.2 Å². The number of nitrogens with one attached hydrogen (secondary N) is 1. The molecule has 1 aromatic carbocycles. The number of hydrogen-bond acceptors (Lipinski definition) is 2. The number of H-pyrrole nitrogens is 1. The van der Waals surface area contributed by atoms with Gasteiger partial charge in [-0.1, -0.05) is 18.2 Å². The van der Waals surface area contributed by atoms with E-state index in [0.717, 1.165) is 16.9 Å². The number of fused-ring (bicyclic) bond motifs is 1. The maximum Gasteiger partial charge on any atom is 0.104 e. The largest absolute Gasteiger partial charge is 0.353 e. The molecule has 4 heteroatoms. The number of aromatic amines is 1. The van der Waals surface area contributed by atoms with Gasteiger partial charge in [0.25, 0.3) is 0 Å². The lowest BCUT2D eigenvalue weighted by Gasteiger charge is -2.08. The Kier molecular flexibility index (Phi) is 2.64. The van der Waals surface area contributed by atoms with Gasteiger partial charge >= 0.3 is 0 Å². The van der Waals surface area contributed by atoms with Gasteiger partial charge in [-0.05, 0) is 19.1 Å². The average Bonchev–Trinajstić information content (AvgIpc) is 3.03. The van der Waals surface area contributed by atoms with Gasteiger partial charge in [-0.2, -0.15) is 0 Å². The van der Waals surface area contributed by atoms with Crippen LogP contribution in [0.2, 0.25) is 0 Å². The number of nitrogens with zero attached hydrogens (tertiary/aromatic N) is 2. The number of imidazole rings is 1. The summed E-state index contributed by atoms with van der Waals surface area (Å²) in [7, 11) is 0. The summed E-state index contributed by atoms with van der Waals surface area (Å²) in [4.78, 5) is 7.80. The third-order valence-corrected chi connectivity index (χ3v) is 3.26. The summed E-state index contributed by atoms with van der Waals surface area (Å²) in [6.07, 6.45) is 3.86. The van der Waals surface area contributed by atoms with Gasteiger partial charge in [-0.15, -0.1) is 0 Å². The third kappa shape index (κ3) is 1.80. The molecule has 0 aliphatic heterocycles. The highest BCUT2D eigenvalue weighted by Gasteiger charge is 2.08. The van der Waals surface area contributed by atoms with Crippen molar-refractivity contribution >= 4 is 10.9 Å². The van der Waals surface area contributed by atoms with Crippen molar-refractivity contribution in [3.05, 3.63) is 42.9 Å². The first-order chi connectivity index (χ1) is 8.78. The Morgan fingerprint density at radius 3 is 3.00 bits per heavy atom. The minimum absolute atomic E-state index is 0.274. The zero-order chi connectivity index (χ0) is 12.5. The Balaban J connectivity index is 2.01. The molecule has 1 atom stereocenters. The van der Waals surface area contributed by atoms with E-state index in [4.69, 9.17) is 5.73 Å². The van der Waals surface area contributed by atoms with E-state index in [0.29, 0.717) is 6.54 Å². The summed E-state index contributed by atoms with van der Waals surface area (Å²) < 4.78 is 2.04. The van der Waals surface area contributed by atoms with Crippen LogP contribution in [0.25, 0.3) is 22.3 Å². The summed E-state index contributed by atoms with van der Waals surface area (Å²) in [6, 6.07) is 10.6. The fraction of sp³-hybridized carbons (Fsp3) is 0.214. The number of nitrogens with two attached hydrogens (primary N) is 1. The number of aromatic nitrogens is 3. The van der Waals surface area contributed by atoms with Gasteiger partial charge in [0.2, 0.25) is 0 Å². The molecule has 18 heavy (non-hydrogen) atoms. The quantitative estimate of drug-likeness (QED) is 0.739. The molecule has 0 saturated carbocycles. The average molecular weight is 240 g/mol. The fourth-order valence-corrected chi connectivity index (χ4v) is 2.05. The minimum atomic E-state index is 0.274. The van der Waals surface area contributed by atoms with E-state index in [2.05, 4.69) is 35.1 Å². The number of para-hydroxylation sites is 1. The van der Waals surface area contributed by atoms with Crippen LogP contribution in [0.5, 0.6) is 0 Å². The minimum Gasteiger partial charge on any atom is -0.353 e. The second-order valence-electron chi connectivity index (χ2n) is 4.56. The van der Waals surface area contributed by atoms with Gasteiger partial charge in [0.05, 0.1) is 12.0 Å². The normalized spacial score (nSPS) is 13.0. The summed E-state index contributed by atoms with van der Waals surface area (Å²) in [5.74, 6) is 0. The Bertz CT molecular complexity index is 632. The predicted molar refractivity (Wildman–Crippen MR) is 73.3 cm³/mol. The fourth-order valence-electron chi connectivity index (χ4n) is 2.05. The summed E-state index contributed by atoms with van der Waals surface area (Å²) in [6.45, 7) is 2.69. The Morgan fingerprint density at radius 2 is 2.22 bits per heavy atom. The highest BCUT2D eigenvalue weighted by Crippen LogP contribution is 2.23. The maximum atomic E-state index is 5.66. The number of benzene rings is 1. The summed E-state index contributed by atoms with van der Waals surface area (Å²) in [5.41, 5.74) is 8.78. The van der Waals surface area contributed by atoms with Crippen LogP contribution < -0.4 is 5.73 Å². The number of hydrogen-bond donors (Lipinski definition) is 2. The molecule has 0 saturated heterocycles. The van der Waals surface area contributed by atoms with Crippen molar-refractivity contribution in [2.45, 2.75) is 13.0 Å². The van der Waals surface area contributed by atoms with E-state index in [1.165, 1.54) is 5.39 Å². The lowest BCUT2D eigenvalue weighted by atomic mass is 10.2. The molecule has 0 aliphatic rings. The smallest absolute Gasteiger partial charge is 0.104 e. The zero-order valence-electron chi connectivity index (χ0n) is 10.3. The van der Waals surface area contributed by atoms with Crippen LogP contribution in [-0.2, 0) is 0 Å². The van der Waals surface area contributed by atoms with E-state index in [9.17, 15) is 0 Å². The van der Waals surface area contributed by atoms with E-state index in [-0.39, 0.29) is 6.04 Å². The SMILES string of the molecule is CC(CN)n1cnc(-c2cc3ccccc3[nH]2)c1. The highest BCUT2D eigenvalue weighted by molar-refractivity contribution is 5.84. The molecule has 0 amide bonds. The molecule has 3 N–H and O–H groups in total. The van der Waals surface area contributed by atoms with Crippen LogP contribution >= 0.6 is 0 Å². The van der Waals surface area contributed by atoms with Crippen molar-refractivity contribution < 1.29 is 0 Å². The van der Waals surface area contributed by atoms with Crippen molar-refractivity contribution in [1.82, 2.24) is 14.5 Å². The lowest BCUT2D eigenvalue weighted by molar-refractivity contribution is 0.558. The molecule has 4 nitrogen and oxygen atoms in total. The first-order valence-electron chi connectivity index (χ1n) is 6.09. The Morgan fingerprint density at radius 1 is 1.39 bits per heavy atom. The van der Waals surface area contributed by atoms with Crippen molar-refractivity contribution in [2.24, 2.45) is 5.73 Å². The van der Waals surface area contributed by atoms with Gasteiger partial charge in [0.15, 0.2) is 0 Å². The lowest BCUT2D eigenvalue weighted by Crippen LogP contribution is -2.14. The summed E-state index contributed by atoms with van der Waals surface area (Å²) >= 11 is 0. The van der Waals surface area contributed by atoms with Crippen molar-refractivity contribution in [3.8, 4) is 11.4 Å². The summed E-state index contributed by atoms with van der Waals surface area (Å²) in [5, 5.41) is 1.20. The molecule has 1 unspecified atom stereocenters. The molecule has 3 aromatic rings. The third-order valence-electron chi connectivity index (χ3n) is 3.26. The van der Waals surface area contributed by atoms with Gasteiger partial charge in [0.1, 0.15) is 5.69 Å². The Labute approximate surface area is 105 Å². The van der Waals surface area contributed by atoms with Crippen LogP contribution in [0.4, 0.5) is 0 Å². The predicted octanol–water partition coefficient (Wildman–Crippen LogP) is 2.55. The maximum absolute atomic E-state index is 5.66. The van der Waals surface area contributed by atoms with Crippen LogP contribution in [0.3, 0.4) is 0 Å². The van der Waals surface area contributed by atoms with Crippen LogP contribution in [0.1, 0.15) is 13.0 Å². The molecule has 92 valence electrons. The molecule has 0 aliphatic carbocycles. The van der Waals surface area contributed by atoms with Crippen molar-refractivity contribution in [3.63, 3.8) is 0 Å². The van der Waals surface area contributed by atoms with Gasteiger partial charge < -0.3 is 15.3 Å². The van der Waals surface area contributed by atoms with E-state index >= 15 is 0 Å². The monoisotopic (exact) mass is 240 g/mol. The molecule has 0 radical (unpaired) electrons. The van der Waals surface area contributed by atoms with Crippen LogP contribution in [-0.4, -0.2) is 21.1 Å². The first-order valence-corrected chi connectivity index (χ1v) is 6.09. The molecule has 3 rings (SSSR count). The van der Waals surface area contributed by atoms with Gasteiger partial charge in [0, 0.05) is 29.7 Å². The van der Waals surface area contributed by atoms with Gasteiger partial charge in [-0.25, -0.2) is 4.98 Å². The second kappa shape index (κ2) is 4.31. The molecule has 2 aromatic heterocycles. The van der Waals surface area contributed by atoms with Crippen LogP contribution in [0, 0.1) is 0 Å². The van der Waals surface area contributed by atoms with Crippen molar-refractivity contribution in [2.75, 3.05) is 6.54 Å². The second-order valence-corrected chi connectivity index (χ2v) is 4.56. The molecule has 0 spiro atoms. The molecule has 0 fully saturated rings. The molecular formula is C14H16N4. The highest BCUT2D eigenvalue weighted by atomic mass is 15.1. The zero-order valence-corrected chi connectivity index (χ0v) is 10.3. The van der Waals surface area contributed by atoms with Gasteiger partial charge in [-0.3, -0.25) is 0 Å². The van der Waals surface area contributed by atoms with E-state index in [1.54, 1.807) is 0 Å².